The summed E-state index contributed by atoms with van der Waals surface area (Å²) < 4.78 is 5.30. The first-order valence-corrected chi connectivity index (χ1v) is 9.55. The summed E-state index contributed by atoms with van der Waals surface area (Å²) in [5.74, 6) is 1.20. The molecule has 6 heteroatoms. The summed E-state index contributed by atoms with van der Waals surface area (Å²) in [5, 5.41) is 10.6. The number of amides is 1. The van der Waals surface area contributed by atoms with Crippen LogP contribution in [0.15, 0.2) is 18.2 Å². The SMILES string of the molecule is O=C(CCC1CCN(Cc2cc(Cl)ccc2O)CC1)N1CCOCC1. The van der Waals surface area contributed by atoms with Gasteiger partial charge >= 0.3 is 0 Å². The quantitative estimate of drug-likeness (QED) is 0.870. The standard InChI is InChI=1S/C19H27ClN2O3/c20-17-2-3-18(23)16(13-17)14-21-7-5-15(6-8-21)1-4-19(24)22-9-11-25-12-10-22/h2-3,13,15,23H,1,4-12,14H2. The molecule has 2 aliphatic heterocycles. The minimum atomic E-state index is 0.273. The lowest BCUT2D eigenvalue weighted by Crippen LogP contribution is -2.41. The number of halogens is 1. The van der Waals surface area contributed by atoms with Gasteiger partial charge in [-0.3, -0.25) is 9.69 Å². The highest BCUT2D eigenvalue weighted by molar-refractivity contribution is 6.30. The molecule has 1 aromatic rings. The van der Waals surface area contributed by atoms with Gasteiger partial charge in [0.15, 0.2) is 0 Å². The van der Waals surface area contributed by atoms with Crippen LogP contribution in [0.5, 0.6) is 5.75 Å². The lowest BCUT2D eigenvalue weighted by atomic mass is 9.91. The Kier molecular flexibility index (Phi) is 6.57. The Morgan fingerprint density at radius 1 is 1.20 bits per heavy atom. The van der Waals surface area contributed by atoms with Gasteiger partial charge in [0.2, 0.25) is 5.91 Å². The van der Waals surface area contributed by atoms with Crippen LogP contribution >= 0.6 is 11.6 Å². The first-order chi connectivity index (χ1) is 12.1. The number of phenols is 1. The number of nitrogens with zero attached hydrogens (tertiary/aromatic N) is 2. The van der Waals surface area contributed by atoms with Crippen LogP contribution in [0.4, 0.5) is 0 Å². The van der Waals surface area contributed by atoms with Crippen LogP contribution in [-0.4, -0.2) is 60.2 Å². The molecule has 0 aliphatic carbocycles. The van der Waals surface area contributed by atoms with Gasteiger partial charge in [-0.05, 0) is 56.5 Å². The normalized spacial score (nSPS) is 20.0. The van der Waals surface area contributed by atoms with E-state index in [0.717, 1.165) is 57.5 Å². The average Bonchev–Trinajstić information content (AvgIpc) is 2.64. The third-order valence-electron chi connectivity index (χ3n) is 5.27. The molecule has 138 valence electrons. The van der Waals surface area contributed by atoms with Gasteiger partial charge in [-0.25, -0.2) is 0 Å². The molecule has 0 bridgehead atoms. The number of hydrogen-bond donors (Lipinski definition) is 1. The number of carbonyl (C=O) groups is 1. The van der Waals surface area contributed by atoms with E-state index in [0.29, 0.717) is 36.3 Å². The van der Waals surface area contributed by atoms with Crippen molar-refractivity contribution in [2.75, 3.05) is 39.4 Å². The van der Waals surface area contributed by atoms with Crippen molar-refractivity contribution < 1.29 is 14.6 Å². The van der Waals surface area contributed by atoms with Gasteiger partial charge in [-0.1, -0.05) is 11.6 Å². The van der Waals surface area contributed by atoms with Gasteiger partial charge in [-0.15, -0.1) is 0 Å². The third kappa shape index (κ3) is 5.33. The van der Waals surface area contributed by atoms with E-state index in [9.17, 15) is 9.90 Å². The fourth-order valence-electron chi connectivity index (χ4n) is 3.65. The van der Waals surface area contributed by atoms with Gasteiger partial charge in [0.25, 0.3) is 0 Å². The number of aromatic hydroxyl groups is 1. The summed E-state index contributed by atoms with van der Waals surface area (Å²) in [7, 11) is 0. The average molecular weight is 367 g/mol. The molecular weight excluding hydrogens is 340 g/mol. The predicted molar refractivity (Wildman–Crippen MR) is 97.8 cm³/mol. The number of rotatable bonds is 5. The Morgan fingerprint density at radius 3 is 2.64 bits per heavy atom. The van der Waals surface area contributed by atoms with Gasteiger partial charge < -0.3 is 14.7 Å². The Hall–Kier alpha value is -1.30. The number of carbonyl (C=O) groups excluding carboxylic acids is 1. The van der Waals surface area contributed by atoms with E-state index in [2.05, 4.69) is 4.90 Å². The number of benzene rings is 1. The molecule has 5 nitrogen and oxygen atoms in total. The molecule has 0 aromatic heterocycles. The number of ether oxygens (including phenoxy) is 1. The molecule has 1 amide bonds. The molecule has 0 spiro atoms. The zero-order valence-corrected chi connectivity index (χ0v) is 15.4. The number of likely N-dealkylation sites (tertiary alicyclic amines) is 1. The lowest BCUT2D eigenvalue weighted by molar-refractivity contribution is -0.135. The van der Waals surface area contributed by atoms with Crippen molar-refractivity contribution in [3.05, 3.63) is 28.8 Å². The van der Waals surface area contributed by atoms with Crippen molar-refractivity contribution in [1.29, 1.82) is 0 Å². The Balaban J connectivity index is 1.39. The zero-order valence-electron chi connectivity index (χ0n) is 14.6. The summed E-state index contributed by atoms with van der Waals surface area (Å²) in [6.07, 6.45) is 3.85. The van der Waals surface area contributed by atoms with E-state index >= 15 is 0 Å². The highest BCUT2D eigenvalue weighted by Crippen LogP contribution is 2.27. The van der Waals surface area contributed by atoms with Crippen LogP contribution < -0.4 is 0 Å². The maximum absolute atomic E-state index is 12.2. The molecule has 3 rings (SSSR count). The fourth-order valence-corrected chi connectivity index (χ4v) is 3.85. The molecule has 2 heterocycles. The summed E-state index contributed by atoms with van der Waals surface area (Å²) in [6.45, 7) is 5.54. The largest absolute Gasteiger partial charge is 0.508 e. The number of piperidine rings is 1. The summed E-state index contributed by atoms with van der Waals surface area (Å²) in [6, 6.07) is 5.20. The number of morpholine rings is 1. The predicted octanol–water partition coefficient (Wildman–Crippen LogP) is 2.90. The second-order valence-electron chi connectivity index (χ2n) is 7.02. The van der Waals surface area contributed by atoms with Crippen LogP contribution in [0.3, 0.4) is 0 Å². The van der Waals surface area contributed by atoms with Crippen molar-refractivity contribution in [2.24, 2.45) is 5.92 Å². The van der Waals surface area contributed by atoms with Crippen molar-refractivity contribution in [3.63, 3.8) is 0 Å². The van der Waals surface area contributed by atoms with E-state index in [1.54, 1.807) is 12.1 Å². The molecule has 1 N–H and O–H groups in total. The molecule has 0 saturated carbocycles. The smallest absolute Gasteiger partial charge is 0.222 e. The van der Waals surface area contributed by atoms with Crippen LogP contribution in [0.1, 0.15) is 31.2 Å². The summed E-state index contributed by atoms with van der Waals surface area (Å²) >= 11 is 6.02. The molecule has 2 aliphatic rings. The van der Waals surface area contributed by atoms with Crippen LogP contribution in [0.2, 0.25) is 5.02 Å². The van der Waals surface area contributed by atoms with E-state index in [4.69, 9.17) is 16.3 Å². The number of phenolic OH excluding ortho intramolecular Hbond substituents is 1. The minimum absolute atomic E-state index is 0.273. The third-order valence-corrected chi connectivity index (χ3v) is 5.51. The highest BCUT2D eigenvalue weighted by atomic mass is 35.5. The molecule has 0 unspecified atom stereocenters. The monoisotopic (exact) mass is 366 g/mol. The number of hydrogen-bond acceptors (Lipinski definition) is 4. The molecule has 1 aromatic carbocycles. The van der Waals surface area contributed by atoms with Gasteiger partial charge in [-0.2, -0.15) is 0 Å². The molecule has 0 radical (unpaired) electrons. The molecular formula is C19H27ClN2O3. The van der Waals surface area contributed by atoms with Crippen molar-refractivity contribution in [3.8, 4) is 5.75 Å². The van der Waals surface area contributed by atoms with E-state index < -0.39 is 0 Å². The summed E-state index contributed by atoms with van der Waals surface area (Å²) in [5.41, 5.74) is 0.883. The van der Waals surface area contributed by atoms with Gasteiger partial charge in [0.05, 0.1) is 13.2 Å². The van der Waals surface area contributed by atoms with E-state index in [-0.39, 0.29) is 5.91 Å². The zero-order chi connectivity index (χ0) is 17.6. The Bertz CT molecular complexity index is 582. The van der Waals surface area contributed by atoms with Gasteiger partial charge in [0.1, 0.15) is 5.75 Å². The van der Waals surface area contributed by atoms with Crippen molar-refractivity contribution in [2.45, 2.75) is 32.2 Å². The van der Waals surface area contributed by atoms with Crippen LogP contribution in [-0.2, 0) is 16.1 Å². The maximum Gasteiger partial charge on any atom is 0.222 e. The fraction of sp³-hybridized carbons (Fsp3) is 0.632. The van der Waals surface area contributed by atoms with Crippen LogP contribution in [0.25, 0.3) is 0 Å². The van der Waals surface area contributed by atoms with Crippen molar-refractivity contribution >= 4 is 17.5 Å². The Morgan fingerprint density at radius 2 is 1.92 bits per heavy atom. The Labute approximate surface area is 154 Å². The van der Waals surface area contributed by atoms with Crippen molar-refractivity contribution in [1.82, 2.24) is 9.80 Å². The summed E-state index contributed by atoms with van der Waals surface area (Å²) in [4.78, 5) is 16.5. The van der Waals surface area contributed by atoms with E-state index in [1.807, 2.05) is 11.0 Å². The maximum atomic E-state index is 12.2. The van der Waals surface area contributed by atoms with Crippen LogP contribution in [0, 0.1) is 5.92 Å². The minimum Gasteiger partial charge on any atom is -0.508 e. The second kappa shape index (κ2) is 8.88. The topological polar surface area (TPSA) is 53.0 Å². The lowest BCUT2D eigenvalue weighted by Gasteiger charge is -2.33. The first kappa shape index (κ1) is 18.5. The molecule has 25 heavy (non-hydrogen) atoms. The van der Waals surface area contributed by atoms with E-state index in [1.165, 1.54) is 0 Å². The van der Waals surface area contributed by atoms with Gasteiger partial charge in [0, 0.05) is 36.6 Å². The molecule has 0 atom stereocenters. The second-order valence-corrected chi connectivity index (χ2v) is 7.46. The highest BCUT2D eigenvalue weighted by Gasteiger charge is 2.22. The first-order valence-electron chi connectivity index (χ1n) is 9.17. The molecule has 2 saturated heterocycles. The molecule has 2 fully saturated rings.